The Labute approximate surface area is 139 Å². The molecule has 0 fully saturated rings. The zero-order valence-corrected chi connectivity index (χ0v) is 13.6. The normalized spacial score (nSPS) is 10.0. The van der Waals surface area contributed by atoms with Crippen LogP contribution in [0.2, 0.25) is 5.02 Å². The summed E-state index contributed by atoms with van der Waals surface area (Å²) in [6.07, 6.45) is 1.75. The Morgan fingerprint density at radius 3 is 2.48 bits per heavy atom. The van der Waals surface area contributed by atoms with E-state index in [1.807, 2.05) is 0 Å². The van der Waals surface area contributed by atoms with Gasteiger partial charge in [-0.25, -0.2) is 4.98 Å². The minimum Gasteiger partial charge on any atom is -0.362 e. The number of nitrogens with one attached hydrogen (secondary N) is 2. The van der Waals surface area contributed by atoms with Gasteiger partial charge in [-0.1, -0.05) is 23.7 Å². The second kappa shape index (κ2) is 7.60. The van der Waals surface area contributed by atoms with Gasteiger partial charge >= 0.3 is 0 Å². The average molecular weight is 333 g/mol. The molecule has 1 aromatic carbocycles. The highest BCUT2D eigenvalue weighted by Gasteiger charge is 2.14. The molecule has 1 aromatic heterocycles. The average Bonchev–Trinajstić information content (AvgIpc) is 2.54. The van der Waals surface area contributed by atoms with Crippen molar-refractivity contribution in [2.45, 2.75) is 6.42 Å². The fourth-order valence-electron chi connectivity index (χ4n) is 1.96. The maximum absolute atomic E-state index is 12.2. The molecule has 0 saturated carbocycles. The maximum Gasteiger partial charge on any atom is 0.273 e. The Kier molecular flexibility index (Phi) is 5.54. The zero-order chi connectivity index (χ0) is 16.8. The lowest BCUT2D eigenvalue weighted by Gasteiger charge is -2.15. The van der Waals surface area contributed by atoms with E-state index in [0.29, 0.717) is 16.4 Å². The molecule has 0 aliphatic carbocycles. The minimum absolute atomic E-state index is 0.144. The third-order valence-corrected chi connectivity index (χ3v) is 3.30. The number of nitrogens with zero attached hydrogens (tertiary/aromatic N) is 2. The number of halogens is 1. The molecule has 0 radical (unpaired) electrons. The topological polar surface area (TPSA) is 74.3 Å². The Balaban J connectivity index is 1.94. The molecule has 6 nitrogen and oxygen atoms in total. The molecular formula is C16H17ClN4O2. The van der Waals surface area contributed by atoms with Gasteiger partial charge in [0.05, 0.1) is 12.0 Å². The first-order valence-electron chi connectivity index (χ1n) is 6.93. The number of carbonyl (C=O) groups is 2. The zero-order valence-electron chi connectivity index (χ0n) is 12.8. The monoisotopic (exact) mass is 332 g/mol. The molecule has 2 N–H and O–H groups in total. The number of hydrazine groups is 1. The first kappa shape index (κ1) is 16.8. The molecule has 7 heteroatoms. The van der Waals surface area contributed by atoms with Crippen molar-refractivity contribution in [3.63, 3.8) is 0 Å². The molecule has 0 atom stereocenters. The van der Waals surface area contributed by atoms with Crippen molar-refractivity contribution < 1.29 is 9.59 Å². The first-order chi connectivity index (χ1) is 11.0. The predicted molar refractivity (Wildman–Crippen MR) is 89.3 cm³/mol. The summed E-state index contributed by atoms with van der Waals surface area (Å²) in [5.74, 6) is -0.223. The maximum atomic E-state index is 12.2. The van der Waals surface area contributed by atoms with E-state index in [0.717, 1.165) is 5.56 Å². The number of carbonyl (C=O) groups excluding carboxylic acids is 2. The molecule has 23 heavy (non-hydrogen) atoms. The van der Waals surface area contributed by atoms with Crippen molar-refractivity contribution >= 4 is 29.2 Å². The summed E-state index contributed by atoms with van der Waals surface area (Å²) in [5, 5.41) is 0.607. The lowest BCUT2D eigenvalue weighted by Crippen LogP contribution is -2.42. The molecule has 0 aliphatic heterocycles. The number of hydrogen-bond acceptors (Lipinski definition) is 4. The van der Waals surface area contributed by atoms with Crippen LogP contribution in [0.4, 0.5) is 5.82 Å². The van der Waals surface area contributed by atoms with Gasteiger partial charge in [-0.05, 0) is 29.8 Å². The van der Waals surface area contributed by atoms with E-state index in [4.69, 9.17) is 11.6 Å². The number of benzene rings is 1. The van der Waals surface area contributed by atoms with E-state index < -0.39 is 5.91 Å². The minimum atomic E-state index is -0.425. The lowest BCUT2D eigenvalue weighted by atomic mass is 10.1. The number of hydrogen-bond donors (Lipinski definition) is 2. The molecule has 0 saturated heterocycles. The van der Waals surface area contributed by atoms with E-state index >= 15 is 0 Å². The first-order valence-corrected chi connectivity index (χ1v) is 7.31. The van der Waals surface area contributed by atoms with Crippen LogP contribution in [0.3, 0.4) is 0 Å². The molecule has 0 unspecified atom stereocenters. The van der Waals surface area contributed by atoms with E-state index in [1.54, 1.807) is 61.6 Å². The highest BCUT2D eigenvalue weighted by atomic mass is 35.5. The number of aromatic nitrogens is 1. The van der Waals surface area contributed by atoms with Crippen LogP contribution in [0.15, 0.2) is 42.6 Å². The third-order valence-electron chi connectivity index (χ3n) is 3.05. The van der Waals surface area contributed by atoms with Gasteiger partial charge in [0.2, 0.25) is 5.91 Å². The van der Waals surface area contributed by atoms with Gasteiger partial charge in [-0.15, -0.1) is 0 Å². The molecule has 0 spiro atoms. The Bertz CT molecular complexity index is 701. The molecular weight excluding hydrogens is 316 g/mol. The summed E-state index contributed by atoms with van der Waals surface area (Å²) < 4.78 is 0. The van der Waals surface area contributed by atoms with E-state index in [1.165, 1.54) is 0 Å². The van der Waals surface area contributed by atoms with Crippen LogP contribution in [-0.2, 0) is 11.2 Å². The number of amides is 2. The van der Waals surface area contributed by atoms with E-state index in [-0.39, 0.29) is 12.3 Å². The van der Waals surface area contributed by atoms with E-state index in [2.05, 4.69) is 15.8 Å². The standard InChI is InChI=1S/C16H17ClN4O2/c1-21(2)15-13(4-3-9-18-15)16(23)20-19-14(22)10-11-5-7-12(17)8-6-11/h3-9H,10H2,1-2H3,(H,19,22)(H,20,23). The smallest absolute Gasteiger partial charge is 0.273 e. The van der Waals surface area contributed by atoms with Crippen molar-refractivity contribution in [2.24, 2.45) is 0 Å². The summed E-state index contributed by atoms with van der Waals surface area (Å²) in [6.45, 7) is 0. The van der Waals surface area contributed by atoms with Crippen LogP contribution >= 0.6 is 11.6 Å². The Morgan fingerprint density at radius 1 is 1.13 bits per heavy atom. The second-order valence-electron chi connectivity index (χ2n) is 5.07. The number of rotatable bonds is 4. The van der Waals surface area contributed by atoms with Crippen LogP contribution in [0.5, 0.6) is 0 Å². The van der Waals surface area contributed by atoms with Gasteiger partial charge in [0.15, 0.2) is 0 Å². The molecule has 2 amide bonds. The molecule has 120 valence electrons. The SMILES string of the molecule is CN(C)c1ncccc1C(=O)NNC(=O)Cc1ccc(Cl)cc1. The van der Waals surface area contributed by atoms with Crippen molar-refractivity contribution in [3.05, 3.63) is 58.7 Å². The summed E-state index contributed by atoms with van der Waals surface area (Å²) in [6, 6.07) is 10.2. The molecule has 2 aromatic rings. The number of anilines is 1. The van der Waals surface area contributed by atoms with Crippen LogP contribution in [0.25, 0.3) is 0 Å². The molecule has 0 aliphatic rings. The Hall–Kier alpha value is -2.60. The van der Waals surface area contributed by atoms with Gasteiger partial charge < -0.3 is 4.90 Å². The van der Waals surface area contributed by atoms with Crippen LogP contribution in [0.1, 0.15) is 15.9 Å². The largest absolute Gasteiger partial charge is 0.362 e. The van der Waals surface area contributed by atoms with Crippen LogP contribution in [-0.4, -0.2) is 30.9 Å². The van der Waals surface area contributed by atoms with Crippen molar-refractivity contribution in [2.75, 3.05) is 19.0 Å². The van der Waals surface area contributed by atoms with Crippen molar-refractivity contribution in [3.8, 4) is 0 Å². The Morgan fingerprint density at radius 2 is 1.83 bits per heavy atom. The van der Waals surface area contributed by atoms with Gasteiger partial charge in [0.1, 0.15) is 5.82 Å². The summed E-state index contributed by atoms with van der Waals surface area (Å²) in [5.41, 5.74) is 5.97. The molecule has 0 bridgehead atoms. The quantitative estimate of drug-likeness (QED) is 0.837. The van der Waals surface area contributed by atoms with Gasteiger partial charge in [0.25, 0.3) is 5.91 Å². The van der Waals surface area contributed by atoms with Crippen LogP contribution in [0, 0.1) is 0 Å². The second-order valence-corrected chi connectivity index (χ2v) is 5.51. The van der Waals surface area contributed by atoms with Gasteiger partial charge in [0, 0.05) is 25.3 Å². The molecule has 1 heterocycles. The lowest BCUT2D eigenvalue weighted by molar-refractivity contribution is -0.121. The highest BCUT2D eigenvalue weighted by molar-refractivity contribution is 6.30. The number of pyridine rings is 1. The molecule has 2 rings (SSSR count). The summed E-state index contributed by atoms with van der Waals surface area (Å²) >= 11 is 5.79. The highest BCUT2D eigenvalue weighted by Crippen LogP contribution is 2.13. The van der Waals surface area contributed by atoms with E-state index in [9.17, 15) is 9.59 Å². The third kappa shape index (κ3) is 4.69. The summed E-state index contributed by atoms with van der Waals surface area (Å²) in [7, 11) is 3.58. The van der Waals surface area contributed by atoms with Crippen LogP contribution < -0.4 is 15.8 Å². The summed E-state index contributed by atoms with van der Waals surface area (Å²) in [4.78, 5) is 29.9. The van der Waals surface area contributed by atoms with Gasteiger partial charge in [-0.2, -0.15) is 0 Å². The van der Waals surface area contributed by atoms with Crippen molar-refractivity contribution in [1.29, 1.82) is 0 Å². The fourth-order valence-corrected chi connectivity index (χ4v) is 2.08. The van der Waals surface area contributed by atoms with Gasteiger partial charge in [-0.3, -0.25) is 20.4 Å². The van der Waals surface area contributed by atoms with Crippen molar-refractivity contribution in [1.82, 2.24) is 15.8 Å². The predicted octanol–water partition coefficient (Wildman–Crippen LogP) is 1.80. The fraction of sp³-hybridized carbons (Fsp3) is 0.188.